The van der Waals surface area contributed by atoms with E-state index < -0.39 is 10.0 Å². The lowest BCUT2D eigenvalue weighted by molar-refractivity contribution is -0.115. The van der Waals surface area contributed by atoms with Gasteiger partial charge in [-0.1, -0.05) is 6.92 Å². The number of aryl methyl sites for hydroxylation is 1. The van der Waals surface area contributed by atoms with Gasteiger partial charge in [-0.15, -0.1) is 11.3 Å². The van der Waals surface area contributed by atoms with Gasteiger partial charge in [0, 0.05) is 49.2 Å². The Morgan fingerprint density at radius 3 is 2.67 bits per heavy atom. The molecule has 6 nitrogen and oxygen atoms in total. The number of benzene rings is 1. The number of anilines is 1. The molecule has 0 radical (unpaired) electrons. The monoisotopic (exact) mass is 447 g/mol. The van der Waals surface area contributed by atoms with Gasteiger partial charge in [0.25, 0.3) is 0 Å². The lowest BCUT2D eigenvalue weighted by atomic mass is 10.0. The third kappa shape index (κ3) is 4.32. The van der Waals surface area contributed by atoms with Crippen molar-refractivity contribution in [2.45, 2.75) is 57.0 Å². The molecule has 1 aromatic carbocycles. The first kappa shape index (κ1) is 21.5. The zero-order valence-corrected chi connectivity index (χ0v) is 19.2. The Labute approximate surface area is 182 Å². The predicted molar refractivity (Wildman–Crippen MR) is 120 cm³/mol. The molecule has 162 valence electrons. The molecule has 0 saturated carbocycles. The number of amides is 1. The summed E-state index contributed by atoms with van der Waals surface area (Å²) in [5.41, 5.74) is 2.73. The van der Waals surface area contributed by atoms with Gasteiger partial charge in [0.1, 0.15) is 0 Å². The topological polar surface area (TPSA) is 69.7 Å². The summed E-state index contributed by atoms with van der Waals surface area (Å²) >= 11 is 1.84. The summed E-state index contributed by atoms with van der Waals surface area (Å²) in [6, 6.07) is 7.69. The van der Waals surface area contributed by atoms with Gasteiger partial charge in [-0.3, -0.25) is 9.69 Å². The zero-order valence-electron chi connectivity index (χ0n) is 17.6. The van der Waals surface area contributed by atoms with Crippen LogP contribution in [0.1, 0.15) is 42.2 Å². The van der Waals surface area contributed by atoms with E-state index in [0.717, 1.165) is 32.4 Å². The van der Waals surface area contributed by atoms with Crippen LogP contribution in [0, 0.1) is 6.92 Å². The SMILES string of the molecule is CCC(=O)Nc1ccc(S(=O)(=O)N2CCC(N3CCc4sccc4C3)CC2)c(C)c1. The van der Waals surface area contributed by atoms with Crippen LogP contribution < -0.4 is 5.32 Å². The van der Waals surface area contributed by atoms with Crippen molar-refractivity contribution in [2.24, 2.45) is 0 Å². The third-order valence-electron chi connectivity index (χ3n) is 6.17. The molecular formula is C22H29N3O3S2. The third-order valence-corrected chi connectivity index (χ3v) is 9.26. The second-order valence-corrected chi connectivity index (χ2v) is 11.0. The van der Waals surface area contributed by atoms with Gasteiger partial charge in [-0.2, -0.15) is 4.31 Å². The molecule has 30 heavy (non-hydrogen) atoms. The number of sulfonamides is 1. The van der Waals surface area contributed by atoms with Crippen LogP contribution in [-0.2, 0) is 27.8 Å². The van der Waals surface area contributed by atoms with Crippen molar-refractivity contribution in [3.63, 3.8) is 0 Å². The second kappa shape index (κ2) is 8.78. The van der Waals surface area contributed by atoms with Crippen LogP contribution >= 0.6 is 11.3 Å². The van der Waals surface area contributed by atoms with Gasteiger partial charge >= 0.3 is 0 Å². The molecule has 0 spiro atoms. The first-order chi connectivity index (χ1) is 14.4. The summed E-state index contributed by atoms with van der Waals surface area (Å²) in [7, 11) is -3.53. The van der Waals surface area contributed by atoms with Crippen molar-refractivity contribution < 1.29 is 13.2 Å². The van der Waals surface area contributed by atoms with Gasteiger partial charge in [0.2, 0.25) is 15.9 Å². The molecule has 1 fully saturated rings. The highest BCUT2D eigenvalue weighted by Gasteiger charge is 2.33. The Kier molecular flexibility index (Phi) is 6.29. The number of nitrogens with one attached hydrogen (secondary N) is 1. The zero-order chi connectivity index (χ0) is 21.3. The largest absolute Gasteiger partial charge is 0.326 e. The minimum absolute atomic E-state index is 0.0839. The van der Waals surface area contributed by atoms with Crippen molar-refractivity contribution in [1.82, 2.24) is 9.21 Å². The first-order valence-corrected chi connectivity index (χ1v) is 12.9. The average molecular weight is 448 g/mol. The first-order valence-electron chi connectivity index (χ1n) is 10.6. The minimum Gasteiger partial charge on any atom is -0.326 e. The molecule has 0 aliphatic carbocycles. The van der Waals surface area contributed by atoms with E-state index in [-0.39, 0.29) is 5.91 Å². The van der Waals surface area contributed by atoms with Crippen molar-refractivity contribution >= 4 is 33.0 Å². The highest BCUT2D eigenvalue weighted by Crippen LogP contribution is 2.30. The molecule has 1 aromatic heterocycles. The van der Waals surface area contributed by atoms with E-state index in [1.165, 1.54) is 10.4 Å². The number of carbonyl (C=O) groups is 1. The van der Waals surface area contributed by atoms with Crippen LogP contribution in [0.3, 0.4) is 0 Å². The summed E-state index contributed by atoms with van der Waals surface area (Å²) in [5, 5.41) is 4.96. The second-order valence-electron chi connectivity index (χ2n) is 8.11. The summed E-state index contributed by atoms with van der Waals surface area (Å²) < 4.78 is 28.1. The maximum Gasteiger partial charge on any atom is 0.243 e. The molecule has 1 amide bonds. The van der Waals surface area contributed by atoms with Gasteiger partial charge in [-0.25, -0.2) is 8.42 Å². The molecule has 1 N–H and O–H groups in total. The quantitative estimate of drug-likeness (QED) is 0.760. The molecular weight excluding hydrogens is 418 g/mol. The number of thiophene rings is 1. The molecule has 0 bridgehead atoms. The molecule has 0 atom stereocenters. The van der Waals surface area contributed by atoms with Crippen LogP contribution in [-0.4, -0.2) is 49.2 Å². The van der Waals surface area contributed by atoms with Crippen LogP contribution in [0.5, 0.6) is 0 Å². The van der Waals surface area contributed by atoms with Crippen LogP contribution in [0.15, 0.2) is 34.5 Å². The fraction of sp³-hybridized carbons (Fsp3) is 0.500. The average Bonchev–Trinajstić information content (AvgIpc) is 3.21. The van der Waals surface area contributed by atoms with E-state index in [0.29, 0.717) is 41.7 Å². The van der Waals surface area contributed by atoms with Crippen LogP contribution in [0.4, 0.5) is 5.69 Å². The maximum absolute atomic E-state index is 13.2. The van der Waals surface area contributed by atoms with Crippen molar-refractivity contribution in [3.05, 3.63) is 45.6 Å². The molecule has 0 unspecified atom stereocenters. The van der Waals surface area contributed by atoms with Gasteiger partial charge in [0.15, 0.2) is 0 Å². The molecule has 3 heterocycles. The van der Waals surface area contributed by atoms with Crippen molar-refractivity contribution in [2.75, 3.05) is 25.0 Å². The van der Waals surface area contributed by atoms with E-state index in [4.69, 9.17) is 0 Å². The van der Waals surface area contributed by atoms with Gasteiger partial charge in [0.05, 0.1) is 4.90 Å². The number of carbonyl (C=O) groups excluding carboxylic acids is 1. The predicted octanol–water partition coefficient (Wildman–Crippen LogP) is 3.62. The number of nitrogens with zero attached hydrogens (tertiary/aromatic N) is 2. The van der Waals surface area contributed by atoms with E-state index in [1.54, 1.807) is 36.4 Å². The normalized spacial score (nSPS) is 18.9. The Bertz CT molecular complexity index is 1020. The number of hydrogen-bond donors (Lipinski definition) is 1. The molecule has 1 saturated heterocycles. The molecule has 4 rings (SSSR count). The highest BCUT2D eigenvalue weighted by molar-refractivity contribution is 7.89. The lowest BCUT2D eigenvalue weighted by Crippen LogP contribution is -2.47. The van der Waals surface area contributed by atoms with Crippen LogP contribution in [0.25, 0.3) is 0 Å². The Balaban J connectivity index is 1.41. The summed E-state index contributed by atoms with van der Waals surface area (Å²) in [4.78, 5) is 15.9. The molecule has 2 aliphatic heterocycles. The summed E-state index contributed by atoms with van der Waals surface area (Å²) in [6.45, 7) is 6.72. The Hall–Kier alpha value is -1.74. The van der Waals surface area contributed by atoms with E-state index in [9.17, 15) is 13.2 Å². The van der Waals surface area contributed by atoms with Crippen LogP contribution in [0.2, 0.25) is 0 Å². The van der Waals surface area contributed by atoms with Gasteiger partial charge < -0.3 is 5.32 Å². The number of hydrogen-bond acceptors (Lipinski definition) is 5. The Morgan fingerprint density at radius 1 is 1.20 bits per heavy atom. The maximum atomic E-state index is 13.2. The molecule has 8 heteroatoms. The standard InChI is InChI=1S/C22H29N3O3S2/c1-3-22(26)23-18-4-5-21(16(2)14-18)30(27,28)25-11-6-19(7-12-25)24-10-8-20-17(15-24)9-13-29-20/h4-5,9,13-14,19H,3,6-8,10-12,15H2,1-2H3,(H,23,26). The fourth-order valence-electron chi connectivity index (χ4n) is 4.43. The fourth-order valence-corrected chi connectivity index (χ4v) is 7.00. The molecule has 2 aliphatic rings. The van der Waals surface area contributed by atoms with Crippen molar-refractivity contribution in [3.8, 4) is 0 Å². The highest BCUT2D eigenvalue weighted by atomic mass is 32.2. The minimum atomic E-state index is -3.53. The van der Waals surface area contributed by atoms with E-state index in [2.05, 4.69) is 21.7 Å². The summed E-state index contributed by atoms with van der Waals surface area (Å²) in [6.07, 6.45) is 3.22. The number of rotatable bonds is 5. The Morgan fingerprint density at radius 2 is 1.97 bits per heavy atom. The summed E-state index contributed by atoms with van der Waals surface area (Å²) in [5.74, 6) is -0.0839. The van der Waals surface area contributed by atoms with E-state index in [1.807, 2.05) is 11.3 Å². The smallest absolute Gasteiger partial charge is 0.243 e. The van der Waals surface area contributed by atoms with Gasteiger partial charge in [-0.05, 0) is 67.0 Å². The number of fused-ring (bicyclic) bond motifs is 1. The number of piperidine rings is 1. The van der Waals surface area contributed by atoms with E-state index >= 15 is 0 Å². The van der Waals surface area contributed by atoms with Crippen molar-refractivity contribution in [1.29, 1.82) is 0 Å². The lowest BCUT2D eigenvalue weighted by Gasteiger charge is -2.39. The molecule has 2 aromatic rings.